The molecule has 0 aliphatic carbocycles. The number of aliphatic imine (C=N–C) groups is 1. The van der Waals surface area contributed by atoms with Crippen molar-refractivity contribution >= 4 is 18.6 Å². The second kappa shape index (κ2) is 7.77. The molecule has 0 saturated heterocycles. The SMILES string of the molecule is CC[P+](C)(C)c1ccccc1.N#CN=C=[N-]. The third-order valence-electron chi connectivity index (χ3n) is 2.35. The van der Waals surface area contributed by atoms with Crippen LogP contribution in [-0.4, -0.2) is 25.5 Å². The lowest BCUT2D eigenvalue weighted by Gasteiger charge is -2.14. The predicted molar refractivity (Wildman–Crippen MR) is 71.8 cm³/mol. The Morgan fingerprint density at radius 1 is 1.31 bits per heavy atom. The van der Waals surface area contributed by atoms with Crippen molar-refractivity contribution in [3.63, 3.8) is 0 Å². The van der Waals surface area contributed by atoms with Crippen molar-refractivity contribution in [3.05, 3.63) is 35.7 Å². The molecule has 0 amide bonds. The molecule has 0 radical (unpaired) electrons. The maximum absolute atomic E-state index is 7.43. The fourth-order valence-electron chi connectivity index (χ4n) is 1.04. The average Bonchev–Trinajstić information content (AvgIpc) is 2.32. The molecule has 4 heteroatoms. The lowest BCUT2D eigenvalue weighted by molar-refractivity contribution is 1.45. The van der Waals surface area contributed by atoms with Crippen LogP contribution in [0.15, 0.2) is 35.3 Å². The van der Waals surface area contributed by atoms with E-state index in [-0.39, 0.29) is 0 Å². The molecular weight excluding hydrogens is 217 g/mol. The van der Waals surface area contributed by atoms with Gasteiger partial charge in [0.15, 0.2) is 0 Å². The minimum Gasteiger partial charge on any atom is -0.422 e. The van der Waals surface area contributed by atoms with E-state index in [1.54, 1.807) is 5.30 Å². The van der Waals surface area contributed by atoms with Crippen molar-refractivity contribution in [2.24, 2.45) is 4.99 Å². The molecule has 0 aliphatic rings. The Kier molecular flexibility index (Phi) is 7.05. The summed E-state index contributed by atoms with van der Waals surface area (Å²) in [7, 11) is -0.776. The molecule has 0 saturated carbocycles. The first kappa shape index (κ1) is 14.5. The van der Waals surface area contributed by atoms with Gasteiger partial charge in [0.2, 0.25) is 0 Å². The van der Waals surface area contributed by atoms with Gasteiger partial charge in [-0.2, -0.15) is 5.26 Å². The summed E-state index contributed by atoms with van der Waals surface area (Å²) in [6, 6.07) is 12.1. The zero-order valence-electron chi connectivity index (χ0n) is 9.88. The highest BCUT2D eigenvalue weighted by Gasteiger charge is 2.24. The van der Waals surface area contributed by atoms with E-state index in [2.05, 4.69) is 55.6 Å². The molecule has 1 aromatic carbocycles. The van der Waals surface area contributed by atoms with Gasteiger partial charge in [-0.15, -0.1) is 6.01 Å². The van der Waals surface area contributed by atoms with E-state index in [1.807, 2.05) is 0 Å². The summed E-state index contributed by atoms with van der Waals surface area (Å²) >= 11 is 0. The van der Waals surface area contributed by atoms with E-state index in [0.29, 0.717) is 0 Å². The molecule has 3 nitrogen and oxygen atoms in total. The highest BCUT2D eigenvalue weighted by molar-refractivity contribution is 7.81. The monoisotopic (exact) mass is 233 g/mol. The molecule has 0 atom stereocenters. The Labute approximate surface area is 97.7 Å². The van der Waals surface area contributed by atoms with Gasteiger partial charge in [0.25, 0.3) is 0 Å². The molecule has 0 fully saturated rings. The molecule has 0 unspecified atom stereocenters. The summed E-state index contributed by atoms with van der Waals surface area (Å²) in [6.07, 6.45) is 2.58. The molecule has 0 aliphatic heterocycles. The van der Waals surface area contributed by atoms with E-state index >= 15 is 0 Å². The Morgan fingerprint density at radius 3 is 2.19 bits per heavy atom. The largest absolute Gasteiger partial charge is 0.422 e. The van der Waals surface area contributed by atoms with Crippen molar-refractivity contribution in [1.82, 2.24) is 0 Å². The zero-order chi connectivity index (χ0) is 12.4. The molecule has 0 aromatic heterocycles. The van der Waals surface area contributed by atoms with Gasteiger partial charge in [-0.05, 0) is 19.1 Å². The van der Waals surface area contributed by atoms with Crippen molar-refractivity contribution in [1.29, 1.82) is 5.26 Å². The molecule has 84 valence electrons. The van der Waals surface area contributed by atoms with Gasteiger partial charge < -0.3 is 10.4 Å². The van der Waals surface area contributed by atoms with Gasteiger partial charge in [0, 0.05) is 7.26 Å². The summed E-state index contributed by atoms with van der Waals surface area (Å²) in [4.78, 5) is 2.58. The topological polar surface area (TPSA) is 58.5 Å². The highest BCUT2D eigenvalue weighted by Crippen LogP contribution is 2.48. The van der Waals surface area contributed by atoms with E-state index in [9.17, 15) is 0 Å². The minimum atomic E-state index is -0.776. The third-order valence-corrected chi connectivity index (χ3v) is 5.62. The van der Waals surface area contributed by atoms with Gasteiger partial charge in [-0.25, -0.2) is 0 Å². The Balaban J connectivity index is 0.000000385. The van der Waals surface area contributed by atoms with Crippen LogP contribution in [0.4, 0.5) is 0 Å². The van der Waals surface area contributed by atoms with Gasteiger partial charge in [0.05, 0.1) is 31.0 Å². The molecule has 1 aromatic rings. The van der Waals surface area contributed by atoms with E-state index < -0.39 is 7.26 Å². The van der Waals surface area contributed by atoms with Crippen LogP contribution in [0.5, 0.6) is 0 Å². The normalized spacial score (nSPS) is 9.12. The van der Waals surface area contributed by atoms with Crippen molar-refractivity contribution in [3.8, 4) is 6.19 Å². The van der Waals surface area contributed by atoms with Crippen LogP contribution in [-0.2, 0) is 0 Å². The number of nitrogens with zero attached hydrogens (tertiary/aromatic N) is 3. The number of benzene rings is 1. The summed E-state index contributed by atoms with van der Waals surface area (Å²) in [6.45, 7) is 7.06. The van der Waals surface area contributed by atoms with Gasteiger partial charge in [-0.3, -0.25) is 0 Å². The number of hydrogen-bond acceptors (Lipinski definition) is 2. The van der Waals surface area contributed by atoms with Crippen LogP contribution in [0.2, 0.25) is 0 Å². The summed E-state index contributed by atoms with van der Waals surface area (Å²) in [5.74, 6) is 0. The minimum absolute atomic E-state index is 0.776. The predicted octanol–water partition coefficient (Wildman–Crippen LogP) is 2.82. The second-order valence-electron chi connectivity index (χ2n) is 3.65. The van der Waals surface area contributed by atoms with Crippen LogP contribution in [0.25, 0.3) is 5.41 Å². The molecule has 0 spiro atoms. The average molecular weight is 233 g/mol. The summed E-state index contributed by atoms with van der Waals surface area (Å²) in [5, 5.41) is 16.4. The van der Waals surface area contributed by atoms with E-state index in [1.165, 1.54) is 18.4 Å². The third kappa shape index (κ3) is 5.41. The first-order valence-corrected chi connectivity index (χ1v) is 7.82. The second-order valence-corrected chi connectivity index (χ2v) is 8.17. The fourth-order valence-corrected chi connectivity index (χ4v) is 2.38. The number of nitriles is 1. The molecular formula is C12H16N3P. The zero-order valence-corrected chi connectivity index (χ0v) is 10.8. The number of hydrogen-bond donors (Lipinski definition) is 0. The van der Waals surface area contributed by atoms with E-state index in [4.69, 9.17) is 10.7 Å². The Hall–Kier alpha value is -1.48. The molecule has 0 bridgehead atoms. The van der Waals surface area contributed by atoms with Crippen LogP contribution in [0.1, 0.15) is 6.92 Å². The van der Waals surface area contributed by atoms with Crippen LogP contribution >= 0.6 is 7.26 Å². The van der Waals surface area contributed by atoms with Crippen LogP contribution < -0.4 is 5.30 Å². The van der Waals surface area contributed by atoms with Crippen molar-refractivity contribution in [2.75, 3.05) is 19.5 Å². The van der Waals surface area contributed by atoms with Crippen LogP contribution in [0, 0.1) is 11.5 Å². The molecule has 0 N–H and O–H groups in total. The summed E-state index contributed by atoms with van der Waals surface area (Å²) < 4.78 is 0. The lowest BCUT2D eigenvalue weighted by atomic mass is 10.4. The van der Waals surface area contributed by atoms with Gasteiger partial charge in [-0.1, -0.05) is 18.2 Å². The maximum atomic E-state index is 7.43. The van der Waals surface area contributed by atoms with Gasteiger partial charge >= 0.3 is 0 Å². The molecule has 16 heavy (non-hydrogen) atoms. The van der Waals surface area contributed by atoms with Crippen molar-refractivity contribution < 1.29 is 0 Å². The first-order valence-electron chi connectivity index (χ1n) is 4.95. The van der Waals surface area contributed by atoms with E-state index in [0.717, 1.165) is 0 Å². The first-order chi connectivity index (χ1) is 7.58. The molecule has 1 rings (SSSR count). The maximum Gasteiger partial charge on any atom is 0.0933 e. The fraction of sp³-hybridized carbons (Fsp3) is 0.333. The lowest BCUT2D eigenvalue weighted by Crippen LogP contribution is -2.09. The quantitative estimate of drug-likeness (QED) is 0.440. The van der Waals surface area contributed by atoms with Gasteiger partial charge in [0.1, 0.15) is 0 Å². The number of rotatable bonds is 2. The smallest absolute Gasteiger partial charge is 0.0933 e. The summed E-state index contributed by atoms with van der Waals surface area (Å²) in [5.41, 5.74) is 0. The molecule has 0 heterocycles. The standard InChI is InChI=1S/C10H16P.C2N3/c1-4-11(2,3)10-8-6-5-7-9-10;3-1-5-2-4/h5-9H,4H2,1-3H3;/q+1;-1. The highest BCUT2D eigenvalue weighted by atomic mass is 31.2. The van der Waals surface area contributed by atoms with Crippen LogP contribution in [0.3, 0.4) is 0 Å². The Morgan fingerprint density at radius 2 is 1.88 bits per heavy atom. The van der Waals surface area contributed by atoms with Crippen molar-refractivity contribution in [2.45, 2.75) is 6.92 Å². The Bertz CT molecular complexity index is 386.